The molecule has 0 bridgehead atoms. The number of hydrogen-bond acceptors (Lipinski definition) is 3. The van der Waals surface area contributed by atoms with Crippen molar-refractivity contribution in [2.45, 2.75) is 31.7 Å². The molecule has 1 aliphatic carbocycles. The minimum absolute atomic E-state index is 0.0418. The zero-order valence-corrected chi connectivity index (χ0v) is 14.2. The van der Waals surface area contributed by atoms with Gasteiger partial charge >= 0.3 is 0 Å². The molecule has 6 heteroatoms. The lowest BCUT2D eigenvalue weighted by molar-refractivity contribution is 0.607. The highest BCUT2D eigenvalue weighted by molar-refractivity contribution is 7.09. The molecule has 2 aromatic rings. The molecule has 122 valence electrons. The van der Waals surface area contributed by atoms with Crippen LogP contribution in [-0.2, 0) is 12.0 Å². The fourth-order valence-corrected chi connectivity index (χ4v) is 3.39. The van der Waals surface area contributed by atoms with E-state index < -0.39 is 0 Å². The largest absolute Gasteiger partial charge is 0.356 e. The Bertz CT molecular complexity index is 706. The molecule has 23 heavy (non-hydrogen) atoms. The highest BCUT2D eigenvalue weighted by Gasteiger charge is 2.44. The van der Waals surface area contributed by atoms with E-state index in [0.717, 1.165) is 36.6 Å². The Morgan fingerprint density at radius 2 is 2.22 bits per heavy atom. The Morgan fingerprint density at radius 3 is 2.83 bits per heavy atom. The Labute approximate surface area is 139 Å². The van der Waals surface area contributed by atoms with E-state index in [0.29, 0.717) is 6.54 Å². The lowest BCUT2D eigenvalue weighted by Crippen LogP contribution is -2.40. The zero-order chi connectivity index (χ0) is 16.3. The molecule has 0 aliphatic heterocycles. The number of rotatable bonds is 5. The van der Waals surface area contributed by atoms with Gasteiger partial charge in [0.05, 0.1) is 17.7 Å². The Hall–Kier alpha value is -1.95. The molecule has 0 spiro atoms. The van der Waals surface area contributed by atoms with Gasteiger partial charge in [-0.3, -0.25) is 4.99 Å². The summed E-state index contributed by atoms with van der Waals surface area (Å²) < 4.78 is 13.4. The van der Waals surface area contributed by atoms with E-state index in [1.165, 1.54) is 10.9 Å². The SMILES string of the molecule is CN=C(NCc1scnc1C)NCC1(c2cccc(F)c2)CC1. The van der Waals surface area contributed by atoms with Crippen molar-refractivity contribution < 1.29 is 4.39 Å². The van der Waals surface area contributed by atoms with Gasteiger partial charge in [-0.15, -0.1) is 11.3 Å². The number of thiazole rings is 1. The molecule has 3 rings (SSSR count). The van der Waals surface area contributed by atoms with Crippen LogP contribution in [0.2, 0.25) is 0 Å². The molecule has 0 radical (unpaired) electrons. The fourth-order valence-electron chi connectivity index (χ4n) is 2.67. The predicted octanol–water partition coefficient (Wildman–Crippen LogP) is 2.99. The number of hydrogen-bond donors (Lipinski definition) is 2. The van der Waals surface area contributed by atoms with Crippen molar-refractivity contribution in [2.75, 3.05) is 13.6 Å². The fraction of sp³-hybridized carbons (Fsp3) is 0.412. The molecule has 0 amide bonds. The number of nitrogens with one attached hydrogen (secondary N) is 2. The average Bonchev–Trinajstić information content (AvgIpc) is 3.24. The summed E-state index contributed by atoms with van der Waals surface area (Å²) in [6.07, 6.45) is 2.16. The number of aliphatic imine (C=N–C) groups is 1. The maximum atomic E-state index is 13.4. The van der Waals surface area contributed by atoms with Gasteiger partial charge in [-0.2, -0.15) is 0 Å². The lowest BCUT2D eigenvalue weighted by atomic mass is 9.96. The van der Waals surface area contributed by atoms with E-state index in [4.69, 9.17) is 0 Å². The minimum Gasteiger partial charge on any atom is -0.356 e. The third kappa shape index (κ3) is 3.69. The number of benzene rings is 1. The molecule has 0 atom stereocenters. The highest BCUT2D eigenvalue weighted by atomic mass is 32.1. The van der Waals surface area contributed by atoms with Crippen LogP contribution in [0.3, 0.4) is 0 Å². The summed E-state index contributed by atoms with van der Waals surface area (Å²) in [5.41, 5.74) is 4.02. The van der Waals surface area contributed by atoms with Crippen LogP contribution in [0.1, 0.15) is 29.0 Å². The van der Waals surface area contributed by atoms with Crippen LogP contribution in [0.15, 0.2) is 34.8 Å². The number of halogens is 1. The number of nitrogens with zero attached hydrogens (tertiary/aromatic N) is 2. The number of guanidine groups is 1. The summed E-state index contributed by atoms with van der Waals surface area (Å²) in [6.45, 7) is 3.48. The smallest absolute Gasteiger partial charge is 0.191 e. The maximum Gasteiger partial charge on any atom is 0.191 e. The zero-order valence-electron chi connectivity index (χ0n) is 13.4. The third-order valence-corrected chi connectivity index (χ3v) is 5.30. The van der Waals surface area contributed by atoms with Gasteiger partial charge in [0, 0.05) is 23.9 Å². The molecule has 1 aliphatic rings. The summed E-state index contributed by atoms with van der Waals surface area (Å²) in [7, 11) is 1.76. The van der Waals surface area contributed by atoms with Crippen molar-refractivity contribution in [3.8, 4) is 0 Å². The van der Waals surface area contributed by atoms with Crippen LogP contribution in [0.25, 0.3) is 0 Å². The van der Waals surface area contributed by atoms with Crippen LogP contribution in [-0.4, -0.2) is 24.5 Å². The van der Waals surface area contributed by atoms with Gasteiger partial charge in [-0.05, 0) is 37.5 Å². The van der Waals surface area contributed by atoms with Crippen molar-refractivity contribution >= 4 is 17.3 Å². The van der Waals surface area contributed by atoms with E-state index in [1.54, 1.807) is 30.5 Å². The quantitative estimate of drug-likeness (QED) is 0.654. The molecular weight excluding hydrogens is 311 g/mol. The Kier molecular flexibility index (Phi) is 4.61. The molecule has 4 nitrogen and oxygen atoms in total. The van der Waals surface area contributed by atoms with Gasteiger partial charge < -0.3 is 10.6 Å². The molecule has 2 N–H and O–H groups in total. The topological polar surface area (TPSA) is 49.3 Å². The van der Waals surface area contributed by atoms with Crippen LogP contribution in [0.4, 0.5) is 4.39 Å². The molecular formula is C17H21FN4S. The van der Waals surface area contributed by atoms with Crippen LogP contribution in [0.5, 0.6) is 0 Å². The molecule has 0 unspecified atom stereocenters. The number of aryl methyl sites for hydroxylation is 1. The van der Waals surface area contributed by atoms with Gasteiger partial charge in [0.1, 0.15) is 5.82 Å². The van der Waals surface area contributed by atoms with Crippen LogP contribution in [0, 0.1) is 12.7 Å². The van der Waals surface area contributed by atoms with E-state index in [2.05, 4.69) is 20.6 Å². The summed E-state index contributed by atoms with van der Waals surface area (Å²) in [5, 5.41) is 6.68. The number of aromatic nitrogens is 1. The van der Waals surface area contributed by atoms with E-state index in [9.17, 15) is 4.39 Å². The van der Waals surface area contributed by atoms with E-state index in [-0.39, 0.29) is 11.2 Å². The first kappa shape index (κ1) is 15.9. The summed E-state index contributed by atoms with van der Waals surface area (Å²) in [4.78, 5) is 9.72. The monoisotopic (exact) mass is 332 g/mol. The average molecular weight is 332 g/mol. The molecule has 1 aromatic heterocycles. The van der Waals surface area contributed by atoms with E-state index in [1.807, 2.05) is 18.5 Å². The van der Waals surface area contributed by atoms with Gasteiger partial charge in [0.25, 0.3) is 0 Å². The summed E-state index contributed by atoms with van der Waals surface area (Å²) in [6, 6.07) is 6.93. The highest BCUT2D eigenvalue weighted by Crippen LogP contribution is 2.47. The minimum atomic E-state index is -0.169. The van der Waals surface area contributed by atoms with Crippen molar-refractivity contribution in [1.82, 2.24) is 15.6 Å². The van der Waals surface area contributed by atoms with Gasteiger partial charge in [0.15, 0.2) is 5.96 Å². The van der Waals surface area contributed by atoms with Crippen molar-refractivity contribution in [1.29, 1.82) is 0 Å². The van der Waals surface area contributed by atoms with Gasteiger partial charge in [-0.25, -0.2) is 9.37 Å². The first-order valence-electron chi connectivity index (χ1n) is 7.72. The second-order valence-electron chi connectivity index (χ2n) is 5.93. The second kappa shape index (κ2) is 6.66. The normalized spacial score (nSPS) is 16.2. The molecule has 1 heterocycles. The van der Waals surface area contributed by atoms with Crippen molar-refractivity contribution in [3.05, 3.63) is 51.7 Å². The lowest BCUT2D eigenvalue weighted by Gasteiger charge is -2.19. The van der Waals surface area contributed by atoms with E-state index >= 15 is 0 Å². The van der Waals surface area contributed by atoms with Gasteiger partial charge in [-0.1, -0.05) is 12.1 Å². The standard InChI is InChI=1S/C17H21FN4S/c1-12-15(23-11-22-12)9-20-16(19-2)21-10-17(6-7-17)13-4-3-5-14(18)8-13/h3-5,8,11H,6-7,9-10H2,1-2H3,(H2,19,20,21). The van der Waals surface area contributed by atoms with Crippen LogP contribution >= 0.6 is 11.3 Å². The van der Waals surface area contributed by atoms with Crippen molar-refractivity contribution in [3.63, 3.8) is 0 Å². The Balaban J connectivity index is 1.57. The maximum absolute atomic E-state index is 13.4. The Morgan fingerprint density at radius 1 is 1.39 bits per heavy atom. The first-order valence-corrected chi connectivity index (χ1v) is 8.60. The molecule has 1 saturated carbocycles. The van der Waals surface area contributed by atoms with Crippen LogP contribution < -0.4 is 10.6 Å². The second-order valence-corrected chi connectivity index (χ2v) is 6.87. The third-order valence-electron chi connectivity index (χ3n) is 4.37. The summed E-state index contributed by atoms with van der Waals surface area (Å²) in [5.74, 6) is 0.595. The molecule has 0 saturated heterocycles. The predicted molar refractivity (Wildman–Crippen MR) is 92.4 cm³/mol. The molecule has 1 fully saturated rings. The van der Waals surface area contributed by atoms with Gasteiger partial charge in [0.2, 0.25) is 0 Å². The summed E-state index contributed by atoms with van der Waals surface area (Å²) >= 11 is 1.64. The molecule has 1 aromatic carbocycles. The van der Waals surface area contributed by atoms with Crippen molar-refractivity contribution in [2.24, 2.45) is 4.99 Å². The first-order chi connectivity index (χ1) is 11.1.